The molecule has 0 bridgehead atoms. The van der Waals surface area contributed by atoms with Gasteiger partial charge in [-0.2, -0.15) is 0 Å². The van der Waals surface area contributed by atoms with E-state index in [1.807, 2.05) is 13.0 Å². The maximum Gasteiger partial charge on any atom is 0.118 e. The van der Waals surface area contributed by atoms with Crippen LogP contribution in [0.2, 0.25) is 0 Å². The molecule has 0 aliphatic heterocycles. The minimum absolute atomic E-state index is 0.608. The Labute approximate surface area is 92.2 Å². The predicted molar refractivity (Wildman–Crippen MR) is 65.8 cm³/mol. The molecule has 3 heteroatoms. The summed E-state index contributed by atoms with van der Waals surface area (Å²) in [5.74, 6) is 1.50. The first-order valence-electron chi connectivity index (χ1n) is 4.95. The summed E-state index contributed by atoms with van der Waals surface area (Å²) < 4.78 is 5.15. The number of hydrogen-bond donors (Lipinski definition) is 1. The first kappa shape index (κ1) is 13.5. The van der Waals surface area contributed by atoms with E-state index >= 15 is 0 Å². The van der Waals surface area contributed by atoms with Gasteiger partial charge < -0.3 is 10.1 Å². The molecule has 1 N–H and O–H groups in total. The molecule has 0 fully saturated rings. The lowest BCUT2D eigenvalue weighted by Gasteiger charge is -2.08. The Hall–Kier alpha value is -1.51. The van der Waals surface area contributed by atoms with Crippen molar-refractivity contribution in [3.05, 3.63) is 36.4 Å². The quantitative estimate of drug-likeness (QED) is 0.515. The van der Waals surface area contributed by atoms with Crippen LogP contribution in [0.15, 0.2) is 41.4 Å². The molecule has 15 heavy (non-hydrogen) atoms. The molecule has 0 saturated heterocycles. The molecule has 0 amide bonds. The van der Waals surface area contributed by atoms with Crippen LogP contribution in [-0.2, 0) is 4.74 Å². The highest BCUT2D eigenvalue weighted by atomic mass is 16.5. The summed E-state index contributed by atoms with van der Waals surface area (Å²) >= 11 is 0. The molecule has 0 aliphatic carbocycles. The summed E-state index contributed by atoms with van der Waals surface area (Å²) in [6.07, 6.45) is 4.64. The van der Waals surface area contributed by atoms with Gasteiger partial charge in [-0.15, -0.1) is 0 Å². The van der Waals surface area contributed by atoms with E-state index < -0.39 is 0 Å². The van der Waals surface area contributed by atoms with E-state index in [0.29, 0.717) is 12.4 Å². The second-order valence-electron chi connectivity index (χ2n) is 3.19. The van der Waals surface area contributed by atoms with Gasteiger partial charge in [0.05, 0.1) is 13.7 Å². The van der Waals surface area contributed by atoms with E-state index in [9.17, 15) is 0 Å². The Morgan fingerprint density at radius 1 is 1.47 bits per heavy atom. The summed E-state index contributed by atoms with van der Waals surface area (Å²) in [7, 11) is 1.66. The number of hydrogen-bond acceptors (Lipinski definition) is 3. The largest absolute Gasteiger partial charge is 0.500 e. The van der Waals surface area contributed by atoms with Gasteiger partial charge in [0.1, 0.15) is 11.6 Å². The molecule has 0 heterocycles. The molecule has 0 aromatic heterocycles. The van der Waals surface area contributed by atoms with Crippen molar-refractivity contribution in [1.82, 2.24) is 5.32 Å². The maximum atomic E-state index is 5.15. The van der Waals surface area contributed by atoms with Gasteiger partial charge in [-0.05, 0) is 25.0 Å². The molecule has 0 spiro atoms. The lowest BCUT2D eigenvalue weighted by atomic mass is 10.3. The van der Waals surface area contributed by atoms with Crippen LogP contribution >= 0.6 is 0 Å². The molecule has 0 rings (SSSR count). The van der Waals surface area contributed by atoms with Crippen molar-refractivity contribution in [2.45, 2.75) is 20.3 Å². The zero-order chi connectivity index (χ0) is 11.7. The molecule has 3 nitrogen and oxygen atoms in total. The zero-order valence-corrected chi connectivity index (χ0v) is 9.84. The molecule has 0 aromatic rings. The number of nitrogens with zero attached hydrogens (tertiary/aromatic N) is 1. The molecule has 0 aliphatic rings. The second-order valence-corrected chi connectivity index (χ2v) is 3.19. The van der Waals surface area contributed by atoms with Gasteiger partial charge in [0.15, 0.2) is 0 Å². The number of rotatable bonds is 7. The average molecular weight is 208 g/mol. The van der Waals surface area contributed by atoms with Crippen LogP contribution in [-0.4, -0.2) is 19.9 Å². The van der Waals surface area contributed by atoms with E-state index in [4.69, 9.17) is 4.74 Å². The van der Waals surface area contributed by atoms with Crippen molar-refractivity contribution >= 4 is 6.21 Å². The molecular formula is C12H20N2O. The van der Waals surface area contributed by atoms with Crippen LogP contribution in [0.3, 0.4) is 0 Å². The van der Waals surface area contributed by atoms with Gasteiger partial charge in [-0.3, -0.25) is 0 Å². The standard InChI is InChI=1S/C12H20N2O/c1-6-7-12(15-5)9-14-11(4)13-8-10(2)3/h7-8,14H,2,4,6,9H2,1,3,5H3/b12-7-,13-8-. The Morgan fingerprint density at radius 3 is 2.60 bits per heavy atom. The SMILES string of the molecule is C=C(C)/C=N\C(=C)NC/C(=C/CC)OC. The fourth-order valence-corrected chi connectivity index (χ4v) is 0.878. The third-order valence-corrected chi connectivity index (χ3v) is 1.60. The average Bonchev–Trinajstić information content (AvgIpc) is 2.21. The van der Waals surface area contributed by atoms with Crippen LogP contribution < -0.4 is 5.32 Å². The van der Waals surface area contributed by atoms with Crippen LogP contribution in [0.5, 0.6) is 0 Å². The molecular weight excluding hydrogens is 188 g/mol. The Bertz CT molecular complexity index is 277. The zero-order valence-electron chi connectivity index (χ0n) is 9.84. The van der Waals surface area contributed by atoms with Gasteiger partial charge >= 0.3 is 0 Å². The summed E-state index contributed by atoms with van der Waals surface area (Å²) in [4.78, 5) is 4.08. The van der Waals surface area contributed by atoms with Gasteiger partial charge in [0.25, 0.3) is 0 Å². The van der Waals surface area contributed by atoms with Crippen molar-refractivity contribution in [2.75, 3.05) is 13.7 Å². The number of allylic oxidation sites excluding steroid dienone is 2. The predicted octanol–water partition coefficient (Wildman–Crippen LogP) is 2.63. The van der Waals surface area contributed by atoms with E-state index in [1.54, 1.807) is 13.3 Å². The minimum atomic E-state index is 0.608. The van der Waals surface area contributed by atoms with E-state index in [-0.39, 0.29) is 0 Å². The minimum Gasteiger partial charge on any atom is -0.500 e. The van der Waals surface area contributed by atoms with Crippen molar-refractivity contribution < 1.29 is 4.74 Å². The normalized spacial score (nSPS) is 11.5. The number of methoxy groups -OCH3 is 1. The summed E-state index contributed by atoms with van der Waals surface area (Å²) in [6.45, 7) is 12.0. The summed E-state index contributed by atoms with van der Waals surface area (Å²) in [5, 5.41) is 3.05. The Kier molecular flexibility index (Phi) is 7.06. The lowest BCUT2D eigenvalue weighted by Crippen LogP contribution is -2.15. The molecule has 84 valence electrons. The first-order valence-corrected chi connectivity index (χ1v) is 4.95. The van der Waals surface area contributed by atoms with Gasteiger partial charge in [0, 0.05) is 6.21 Å². The van der Waals surface area contributed by atoms with E-state index in [1.165, 1.54) is 0 Å². The fraction of sp³-hybridized carbons (Fsp3) is 0.417. The van der Waals surface area contributed by atoms with Gasteiger partial charge in [-0.1, -0.05) is 20.1 Å². The summed E-state index contributed by atoms with van der Waals surface area (Å²) in [5.41, 5.74) is 0.897. The molecule has 0 saturated carbocycles. The van der Waals surface area contributed by atoms with Gasteiger partial charge in [0.2, 0.25) is 0 Å². The van der Waals surface area contributed by atoms with Crippen molar-refractivity contribution in [2.24, 2.45) is 4.99 Å². The molecule has 0 aromatic carbocycles. The van der Waals surface area contributed by atoms with Crippen molar-refractivity contribution in [1.29, 1.82) is 0 Å². The topological polar surface area (TPSA) is 33.6 Å². The van der Waals surface area contributed by atoms with Crippen molar-refractivity contribution in [3.8, 4) is 0 Å². The highest BCUT2D eigenvalue weighted by molar-refractivity contribution is 5.77. The van der Waals surface area contributed by atoms with Gasteiger partial charge in [-0.25, -0.2) is 4.99 Å². The van der Waals surface area contributed by atoms with E-state index in [0.717, 1.165) is 17.8 Å². The summed E-state index contributed by atoms with van der Waals surface area (Å²) in [6, 6.07) is 0. The smallest absolute Gasteiger partial charge is 0.118 e. The monoisotopic (exact) mass is 208 g/mol. The molecule has 0 atom stereocenters. The second kappa shape index (κ2) is 7.85. The molecule has 0 unspecified atom stereocenters. The number of nitrogens with one attached hydrogen (secondary N) is 1. The fourth-order valence-electron chi connectivity index (χ4n) is 0.878. The third-order valence-electron chi connectivity index (χ3n) is 1.60. The van der Waals surface area contributed by atoms with Crippen LogP contribution in [0.1, 0.15) is 20.3 Å². The van der Waals surface area contributed by atoms with E-state index in [2.05, 4.69) is 30.4 Å². The van der Waals surface area contributed by atoms with Crippen LogP contribution in [0.25, 0.3) is 0 Å². The Balaban J connectivity index is 3.99. The maximum absolute atomic E-state index is 5.15. The number of ether oxygens (including phenoxy) is 1. The highest BCUT2D eigenvalue weighted by Crippen LogP contribution is 1.97. The molecule has 0 radical (unpaired) electrons. The van der Waals surface area contributed by atoms with Crippen LogP contribution in [0, 0.1) is 0 Å². The Morgan fingerprint density at radius 2 is 2.13 bits per heavy atom. The third kappa shape index (κ3) is 7.55. The lowest BCUT2D eigenvalue weighted by molar-refractivity contribution is 0.280. The van der Waals surface area contributed by atoms with Crippen molar-refractivity contribution in [3.63, 3.8) is 0 Å². The highest BCUT2D eigenvalue weighted by Gasteiger charge is 1.95. The number of aliphatic imine (C=N–C) groups is 1. The van der Waals surface area contributed by atoms with Crippen LogP contribution in [0.4, 0.5) is 0 Å². The first-order chi connectivity index (χ1) is 7.10.